The molecule has 288 valence electrons. The Labute approximate surface area is 307 Å². The average molecular weight is 674 g/mol. The first kappa shape index (κ1) is 49.6. The lowest BCUT2D eigenvalue weighted by atomic mass is 9.81. The average Bonchev–Trinajstić information content (AvgIpc) is 3.32. The highest BCUT2D eigenvalue weighted by Gasteiger charge is 2.35. The van der Waals surface area contributed by atoms with Gasteiger partial charge in [0.2, 0.25) is 0 Å². The molecule has 2 atom stereocenters. The summed E-state index contributed by atoms with van der Waals surface area (Å²) in [7, 11) is 0. The molecule has 0 radical (unpaired) electrons. The van der Waals surface area contributed by atoms with E-state index in [2.05, 4.69) is 80.0 Å². The van der Waals surface area contributed by atoms with Crippen molar-refractivity contribution in [1.82, 2.24) is 4.90 Å². The molecule has 48 heavy (non-hydrogen) atoms. The Hall–Kier alpha value is -0.560. The smallest absolute Gasteiger partial charge is 0.00187 e. The fourth-order valence-corrected chi connectivity index (χ4v) is 7.69. The van der Waals surface area contributed by atoms with Crippen LogP contribution in [0.1, 0.15) is 235 Å². The van der Waals surface area contributed by atoms with E-state index >= 15 is 0 Å². The molecular formula is C47H95N. The fraction of sp³-hybridized carbons (Fsp3) is 0.915. The predicted octanol–water partition coefficient (Wildman–Crippen LogP) is 16.6. The molecule has 0 N–H and O–H groups in total. The van der Waals surface area contributed by atoms with Gasteiger partial charge in [0, 0.05) is 0 Å². The van der Waals surface area contributed by atoms with E-state index in [9.17, 15) is 0 Å². The van der Waals surface area contributed by atoms with Crippen molar-refractivity contribution >= 4 is 0 Å². The second-order valence-corrected chi connectivity index (χ2v) is 16.6. The first-order chi connectivity index (χ1) is 23.2. The highest BCUT2D eigenvalue weighted by Crippen LogP contribution is 2.45. The van der Waals surface area contributed by atoms with Gasteiger partial charge in [-0.25, -0.2) is 0 Å². The van der Waals surface area contributed by atoms with E-state index in [0.717, 1.165) is 17.8 Å². The van der Waals surface area contributed by atoms with Crippen molar-refractivity contribution in [3.63, 3.8) is 0 Å². The molecule has 2 unspecified atom stereocenters. The van der Waals surface area contributed by atoms with E-state index in [1.54, 1.807) is 0 Å². The number of rotatable bonds is 31. The molecule has 1 saturated carbocycles. The van der Waals surface area contributed by atoms with Crippen molar-refractivity contribution < 1.29 is 0 Å². The summed E-state index contributed by atoms with van der Waals surface area (Å²) < 4.78 is 0. The number of allylic oxidation sites excluding steroid dienone is 1. The van der Waals surface area contributed by atoms with Crippen molar-refractivity contribution in [3.05, 3.63) is 25.3 Å². The summed E-state index contributed by atoms with van der Waals surface area (Å²) in [5.74, 6) is 2.87. The van der Waals surface area contributed by atoms with Crippen LogP contribution in [0.5, 0.6) is 0 Å². The lowest BCUT2D eigenvalue weighted by Crippen LogP contribution is -2.27. The molecule has 0 aromatic carbocycles. The fourth-order valence-electron chi connectivity index (χ4n) is 7.69. The van der Waals surface area contributed by atoms with Gasteiger partial charge in [0.05, 0.1) is 0 Å². The van der Waals surface area contributed by atoms with Crippen LogP contribution in [0.2, 0.25) is 0 Å². The van der Waals surface area contributed by atoms with E-state index in [1.807, 2.05) is 0 Å². The molecule has 0 amide bonds. The van der Waals surface area contributed by atoms with Gasteiger partial charge < -0.3 is 4.90 Å². The highest BCUT2D eigenvalue weighted by molar-refractivity contribution is 4.93. The van der Waals surface area contributed by atoms with Crippen molar-refractivity contribution in [2.45, 2.75) is 235 Å². The molecule has 1 aliphatic rings. The molecule has 1 fully saturated rings. The van der Waals surface area contributed by atoms with Crippen LogP contribution >= 0.6 is 0 Å². The Morgan fingerprint density at radius 3 is 1.38 bits per heavy atom. The zero-order valence-electron chi connectivity index (χ0n) is 35.2. The van der Waals surface area contributed by atoms with E-state index < -0.39 is 0 Å². The SMILES string of the molecule is C=C.C=C(CCCCCCCN(CCCCC)CCCCCCCC)CCCC(CCCCC)CCCCC.CC1CCC(C)(C)C1C. The summed E-state index contributed by atoms with van der Waals surface area (Å²) in [4.78, 5) is 2.79. The van der Waals surface area contributed by atoms with Gasteiger partial charge in [0.25, 0.3) is 0 Å². The molecule has 0 saturated heterocycles. The molecule has 0 aliphatic heterocycles. The summed E-state index contributed by atoms with van der Waals surface area (Å²) in [6, 6.07) is 0. The maximum atomic E-state index is 4.44. The van der Waals surface area contributed by atoms with Crippen LogP contribution in [-0.4, -0.2) is 24.5 Å². The second kappa shape index (κ2) is 36.2. The predicted molar refractivity (Wildman–Crippen MR) is 224 cm³/mol. The monoisotopic (exact) mass is 674 g/mol. The Bertz CT molecular complexity index is 639. The minimum Gasteiger partial charge on any atom is -0.303 e. The van der Waals surface area contributed by atoms with Crippen LogP contribution in [0.3, 0.4) is 0 Å². The van der Waals surface area contributed by atoms with Crippen LogP contribution in [0.25, 0.3) is 0 Å². The van der Waals surface area contributed by atoms with E-state index in [4.69, 9.17) is 0 Å². The van der Waals surface area contributed by atoms with Gasteiger partial charge in [-0.2, -0.15) is 0 Å². The highest BCUT2D eigenvalue weighted by atomic mass is 15.1. The number of hydrogen-bond donors (Lipinski definition) is 0. The third-order valence-corrected chi connectivity index (χ3v) is 11.8. The van der Waals surface area contributed by atoms with E-state index in [0.29, 0.717) is 5.41 Å². The number of nitrogens with zero attached hydrogens (tertiary/aromatic N) is 1. The largest absolute Gasteiger partial charge is 0.303 e. The zero-order valence-corrected chi connectivity index (χ0v) is 35.2. The van der Waals surface area contributed by atoms with Crippen molar-refractivity contribution in [2.24, 2.45) is 23.2 Å². The molecule has 1 rings (SSSR count). The van der Waals surface area contributed by atoms with Gasteiger partial charge in [0.15, 0.2) is 0 Å². The second-order valence-electron chi connectivity index (χ2n) is 16.6. The minimum atomic E-state index is 0.624. The van der Waals surface area contributed by atoms with Crippen LogP contribution in [0, 0.1) is 23.2 Å². The van der Waals surface area contributed by atoms with Crippen LogP contribution in [0.4, 0.5) is 0 Å². The van der Waals surface area contributed by atoms with Gasteiger partial charge in [0.1, 0.15) is 0 Å². The lowest BCUT2D eigenvalue weighted by molar-refractivity contribution is 0.248. The van der Waals surface area contributed by atoms with E-state index in [1.165, 1.54) is 205 Å². The molecular weight excluding hydrogens is 579 g/mol. The number of hydrogen-bond acceptors (Lipinski definition) is 1. The third-order valence-electron chi connectivity index (χ3n) is 11.8. The van der Waals surface area contributed by atoms with Crippen molar-refractivity contribution in [2.75, 3.05) is 19.6 Å². The minimum absolute atomic E-state index is 0.624. The molecule has 0 aromatic heterocycles. The Kier molecular flexibility index (Phi) is 37.4. The molecule has 0 aromatic rings. The molecule has 0 spiro atoms. The molecule has 1 heteroatoms. The van der Waals surface area contributed by atoms with Crippen molar-refractivity contribution in [3.8, 4) is 0 Å². The first-order valence-corrected chi connectivity index (χ1v) is 22.1. The van der Waals surface area contributed by atoms with Gasteiger partial charge >= 0.3 is 0 Å². The Morgan fingerprint density at radius 2 is 0.938 bits per heavy atom. The summed E-state index contributed by atoms with van der Waals surface area (Å²) in [6.07, 6.45) is 39.3. The Balaban J connectivity index is 0. The van der Waals surface area contributed by atoms with E-state index in [-0.39, 0.29) is 0 Å². The van der Waals surface area contributed by atoms with Crippen LogP contribution < -0.4 is 0 Å². The van der Waals surface area contributed by atoms with Gasteiger partial charge in [-0.3, -0.25) is 0 Å². The van der Waals surface area contributed by atoms with Gasteiger partial charge in [-0.1, -0.05) is 190 Å². The topological polar surface area (TPSA) is 3.24 Å². The lowest BCUT2D eigenvalue weighted by Gasteiger charge is -2.25. The summed E-state index contributed by atoms with van der Waals surface area (Å²) in [6.45, 7) is 33.3. The quantitative estimate of drug-likeness (QED) is 0.0523. The summed E-state index contributed by atoms with van der Waals surface area (Å²) >= 11 is 0. The Morgan fingerprint density at radius 1 is 0.562 bits per heavy atom. The maximum Gasteiger partial charge on any atom is -0.00187 e. The molecule has 0 bridgehead atoms. The number of unbranched alkanes of at least 4 members (excludes halogenated alkanes) is 15. The molecule has 0 heterocycles. The normalized spacial score (nSPS) is 16.9. The standard InChI is InChI=1S/C36H73N.C9H18.C2H4/c1-6-10-14-15-18-24-33-37(32-23-13-9-4)34-25-19-16-17-22-27-35(5)28-26-31-36(29-20-11-7-2)30-21-12-8-3;1-7-5-6-9(3,4)8(7)2;1-2/h36H,5-34H2,1-4H3;7-8H,5-6H2,1-4H3;1-2H2. The summed E-state index contributed by atoms with van der Waals surface area (Å²) in [5.41, 5.74) is 2.15. The molecule has 1 nitrogen and oxygen atoms in total. The summed E-state index contributed by atoms with van der Waals surface area (Å²) in [5, 5.41) is 0. The van der Waals surface area contributed by atoms with Gasteiger partial charge in [-0.15, -0.1) is 13.2 Å². The maximum absolute atomic E-state index is 4.44. The first-order valence-electron chi connectivity index (χ1n) is 22.1. The van der Waals surface area contributed by atoms with Gasteiger partial charge in [-0.05, 0) is 101 Å². The van der Waals surface area contributed by atoms with Crippen LogP contribution in [0.15, 0.2) is 25.3 Å². The van der Waals surface area contributed by atoms with Crippen LogP contribution in [-0.2, 0) is 0 Å². The molecule has 1 aliphatic carbocycles. The zero-order chi connectivity index (χ0) is 36.3. The third kappa shape index (κ3) is 30.3. The van der Waals surface area contributed by atoms with Crippen molar-refractivity contribution in [1.29, 1.82) is 0 Å².